The first-order valence-electron chi connectivity index (χ1n) is 8.17. The van der Waals surface area contributed by atoms with Gasteiger partial charge in [0, 0.05) is 26.2 Å². The Labute approximate surface area is 158 Å². The Kier molecular flexibility index (Phi) is 10.7. The van der Waals surface area contributed by atoms with Crippen LogP contribution in [0.1, 0.15) is 40.5 Å². The highest BCUT2D eigenvalue weighted by Crippen LogP contribution is 2.23. The largest absolute Gasteiger partial charge is 0.380 e. The summed E-state index contributed by atoms with van der Waals surface area (Å²) < 4.78 is 28.9. The molecule has 1 saturated heterocycles. The van der Waals surface area contributed by atoms with E-state index in [2.05, 4.69) is 17.2 Å². The SMILES string of the molecule is CCCCOCCN=C(NCC)N1CCS(=O)(=O)C(C)(C)C1.I. The standard InChI is InChI=1S/C15H31N3O3S.HI/c1-5-7-10-21-11-8-17-14(16-6-2)18-9-12-22(19,20)15(3,4)13-18;/h5-13H2,1-4H3,(H,16,17);1H. The first-order valence-corrected chi connectivity index (χ1v) is 9.82. The Morgan fingerprint density at radius 3 is 2.57 bits per heavy atom. The molecule has 0 saturated carbocycles. The molecular weight excluding hydrogens is 429 g/mol. The Balaban J connectivity index is 0.00000484. The van der Waals surface area contributed by atoms with Crippen molar-refractivity contribution in [2.75, 3.05) is 45.1 Å². The summed E-state index contributed by atoms with van der Waals surface area (Å²) in [6.45, 7) is 11.4. The van der Waals surface area contributed by atoms with E-state index in [1.165, 1.54) is 0 Å². The van der Waals surface area contributed by atoms with Crippen molar-refractivity contribution in [3.05, 3.63) is 0 Å². The van der Waals surface area contributed by atoms with Crippen LogP contribution in [0.25, 0.3) is 0 Å². The highest BCUT2D eigenvalue weighted by atomic mass is 127. The van der Waals surface area contributed by atoms with E-state index in [-0.39, 0.29) is 29.7 Å². The van der Waals surface area contributed by atoms with Gasteiger partial charge in [0.15, 0.2) is 15.8 Å². The molecule has 0 radical (unpaired) electrons. The van der Waals surface area contributed by atoms with Crippen LogP contribution in [0.3, 0.4) is 0 Å². The number of hydrogen-bond donors (Lipinski definition) is 1. The summed E-state index contributed by atoms with van der Waals surface area (Å²) in [4.78, 5) is 6.60. The second-order valence-corrected chi connectivity index (χ2v) is 8.94. The molecular formula is C15H32IN3O3S. The van der Waals surface area contributed by atoms with Gasteiger partial charge < -0.3 is 15.0 Å². The number of nitrogens with one attached hydrogen (secondary N) is 1. The fourth-order valence-electron chi connectivity index (χ4n) is 2.31. The third-order valence-corrected chi connectivity index (χ3v) is 6.35. The minimum atomic E-state index is -3.03. The summed E-state index contributed by atoms with van der Waals surface area (Å²) in [7, 11) is -3.03. The van der Waals surface area contributed by atoms with Gasteiger partial charge in [-0.2, -0.15) is 0 Å². The lowest BCUT2D eigenvalue weighted by Crippen LogP contribution is -2.57. The maximum Gasteiger partial charge on any atom is 0.194 e. The molecule has 1 heterocycles. The van der Waals surface area contributed by atoms with Crippen LogP contribution in [-0.4, -0.2) is 69.2 Å². The number of ether oxygens (including phenoxy) is 1. The summed E-state index contributed by atoms with van der Waals surface area (Å²) in [5, 5.41) is 3.25. The van der Waals surface area contributed by atoms with Crippen molar-refractivity contribution in [3.8, 4) is 0 Å². The van der Waals surface area contributed by atoms with E-state index >= 15 is 0 Å². The molecule has 0 amide bonds. The van der Waals surface area contributed by atoms with Crippen LogP contribution in [-0.2, 0) is 14.6 Å². The number of hydrogen-bond acceptors (Lipinski definition) is 4. The maximum absolute atomic E-state index is 12.1. The highest BCUT2D eigenvalue weighted by molar-refractivity contribution is 14.0. The van der Waals surface area contributed by atoms with Crippen molar-refractivity contribution in [2.24, 2.45) is 4.99 Å². The van der Waals surface area contributed by atoms with Crippen LogP contribution < -0.4 is 5.32 Å². The number of sulfone groups is 1. The fourth-order valence-corrected chi connectivity index (χ4v) is 3.68. The zero-order valence-electron chi connectivity index (χ0n) is 14.8. The quantitative estimate of drug-likeness (QED) is 0.272. The van der Waals surface area contributed by atoms with Crippen molar-refractivity contribution >= 4 is 39.8 Å². The van der Waals surface area contributed by atoms with Gasteiger partial charge in [-0.05, 0) is 27.2 Å². The Morgan fingerprint density at radius 2 is 2.00 bits per heavy atom. The molecule has 0 aromatic carbocycles. The summed E-state index contributed by atoms with van der Waals surface area (Å²) in [5.74, 6) is 0.960. The summed E-state index contributed by atoms with van der Waals surface area (Å²) in [6, 6.07) is 0. The van der Waals surface area contributed by atoms with E-state index < -0.39 is 14.6 Å². The molecule has 1 aliphatic rings. The predicted octanol–water partition coefficient (Wildman–Crippen LogP) is 1.90. The van der Waals surface area contributed by atoms with E-state index in [0.29, 0.717) is 26.2 Å². The number of nitrogens with zero attached hydrogens (tertiary/aromatic N) is 2. The number of aliphatic imine (C=N–C) groups is 1. The Bertz CT molecular complexity index is 467. The van der Waals surface area contributed by atoms with Crippen LogP contribution in [0.2, 0.25) is 0 Å². The van der Waals surface area contributed by atoms with Gasteiger partial charge >= 0.3 is 0 Å². The molecule has 0 bridgehead atoms. The van der Waals surface area contributed by atoms with Gasteiger partial charge in [-0.1, -0.05) is 13.3 Å². The van der Waals surface area contributed by atoms with Crippen molar-refractivity contribution in [2.45, 2.75) is 45.3 Å². The third kappa shape index (κ3) is 7.13. The second-order valence-electron chi connectivity index (χ2n) is 6.20. The average Bonchev–Trinajstić information content (AvgIpc) is 2.44. The summed E-state index contributed by atoms with van der Waals surface area (Å²) >= 11 is 0. The maximum atomic E-state index is 12.1. The van der Waals surface area contributed by atoms with E-state index in [1.807, 2.05) is 11.8 Å². The zero-order chi connectivity index (χ0) is 16.6. The van der Waals surface area contributed by atoms with Gasteiger partial charge in [0.1, 0.15) is 0 Å². The second kappa shape index (κ2) is 10.7. The van der Waals surface area contributed by atoms with Crippen molar-refractivity contribution in [1.82, 2.24) is 10.2 Å². The molecule has 0 aliphatic carbocycles. The molecule has 23 heavy (non-hydrogen) atoms. The number of unbranched alkanes of at least 4 members (excludes halogenated alkanes) is 1. The predicted molar refractivity (Wildman–Crippen MR) is 107 cm³/mol. The fraction of sp³-hybridized carbons (Fsp3) is 0.933. The first kappa shape index (κ1) is 22.9. The number of rotatable bonds is 7. The lowest BCUT2D eigenvalue weighted by Gasteiger charge is -2.39. The molecule has 1 N–H and O–H groups in total. The van der Waals surface area contributed by atoms with Crippen molar-refractivity contribution < 1.29 is 13.2 Å². The molecule has 1 fully saturated rings. The molecule has 0 spiro atoms. The molecule has 0 aromatic heterocycles. The van der Waals surface area contributed by atoms with Crippen LogP contribution in [0.5, 0.6) is 0 Å². The molecule has 0 unspecified atom stereocenters. The van der Waals surface area contributed by atoms with Gasteiger partial charge in [-0.25, -0.2) is 8.42 Å². The van der Waals surface area contributed by atoms with Gasteiger partial charge in [0.2, 0.25) is 0 Å². The van der Waals surface area contributed by atoms with Gasteiger partial charge in [-0.15, -0.1) is 24.0 Å². The van der Waals surface area contributed by atoms with Crippen LogP contribution in [0, 0.1) is 0 Å². The zero-order valence-corrected chi connectivity index (χ0v) is 17.9. The molecule has 6 nitrogen and oxygen atoms in total. The van der Waals surface area contributed by atoms with Crippen molar-refractivity contribution in [1.29, 1.82) is 0 Å². The monoisotopic (exact) mass is 461 g/mol. The van der Waals surface area contributed by atoms with Crippen LogP contribution in [0.4, 0.5) is 0 Å². The average molecular weight is 461 g/mol. The lowest BCUT2D eigenvalue weighted by molar-refractivity contribution is 0.138. The molecule has 138 valence electrons. The van der Waals surface area contributed by atoms with E-state index in [9.17, 15) is 8.42 Å². The number of guanidine groups is 1. The summed E-state index contributed by atoms with van der Waals surface area (Å²) in [6.07, 6.45) is 2.20. The van der Waals surface area contributed by atoms with E-state index in [0.717, 1.165) is 32.0 Å². The first-order chi connectivity index (χ1) is 10.3. The molecule has 1 rings (SSSR count). The normalized spacial score (nSPS) is 20.0. The van der Waals surface area contributed by atoms with Crippen LogP contribution in [0.15, 0.2) is 4.99 Å². The Hall–Kier alpha value is -0.0900. The smallest absolute Gasteiger partial charge is 0.194 e. The van der Waals surface area contributed by atoms with Crippen molar-refractivity contribution in [3.63, 3.8) is 0 Å². The summed E-state index contributed by atoms with van der Waals surface area (Å²) in [5.41, 5.74) is 0. The molecule has 0 aromatic rings. The van der Waals surface area contributed by atoms with Gasteiger partial charge in [-0.3, -0.25) is 4.99 Å². The third-order valence-electron chi connectivity index (χ3n) is 3.82. The minimum absolute atomic E-state index is 0. The minimum Gasteiger partial charge on any atom is -0.380 e. The highest BCUT2D eigenvalue weighted by Gasteiger charge is 2.40. The Morgan fingerprint density at radius 1 is 1.30 bits per heavy atom. The van der Waals surface area contributed by atoms with E-state index in [1.54, 1.807) is 13.8 Å². The van der Waals surface area contributed by atoms with Gasteiger partial charge in [0.25, 0.3) is 0 Å². The number of halogens is 1. The topological polar surface area (TPSA) is 71.0 Å². The van der Waals surface area contributed by atoms with E-state index in [4.69, 9.17) is 4.74 Å². The molecule has 0 atom stereocenters. The van der Waals surface area contributed by atoms with Crippen LogP contribution >= 0.6 is 24.0 Å². The lowest BCUT2D eigenvalue weighted by atomic mass is 10.2. The van der Waals surface area contributed by atoms with Gasteiger partial charge in [0.05, 0.1) is 23.7 Å². The molecule has 1 aliphatic heterocycles. The molecule has 8 heteroatoms.